The molecule has 0 saturated carbocycles. The summed E-state index contributed by atoms with van der Waals surface area (Å²) in [5.41, 5.74) is 4.86. The van der Waals surface area contributed by atoms with E-state index in [1.54, 1.807) is 24.0 Å². The van der Waals surface area contributed by atoms with Crippen molar-refractivity contribution in [3.8, 4) is 17.7 Å². The topological polar surface area (TPSA) is 105 Å². The molecule has 1 unspecified atom stereocenters. The van der Waals surface area contributed by atoms with E-state index < -0.39 is 6.10 Å². The first-order chi connectivity index (χ1) is 16.5. The van der Waals surface area contributed by atoms with Crippen LogP contribution < -0.4 is 4.90 Å². The fraction of sp³-hybridized carbons (Fsp3) is 0.360. The van der Waals surface area contributed by atoms with Gasteiger partial charge in [-0.25, -0.2) is 14.6 Å². The van der Waals surface area contributed by atoms with Crippen LogP contribution in [0.4, 0.5) is 5.69 Å². The maximum Gasteiger partial charge on any atom is 0.163 e. The number of hydrogen-bond donors (Lipinski definition) is 1. The number of imidazole rings is 1. The van der Waals surface area contributed by atoms with E-state index in [1.165, 1.54) is 18.5 Å². The zero-order valence-corrected chi connectivity index (χ0v) is 19.1. The fourth-order valence-corrected chi connectivity index (χ4v) is 5.15. The molecule has 172 valence electrons. The average molecular weight is 456 g/mol. The Kier molecular flexibility index (Phi) is 4.69. The Labute approximate surface area is 196 Å². The van der Waals surface area contributed by atoms with Crippen molar-refractivity contribution in [3.05, 3.63) is 59.7 Å². The molecule has 6 rings (SSSR count). The third-order valence-electron chi connectivity index (χ3n) is 6.97. The van der Waals surface area contributed by atoms with Crippen LogP contribution in [0.25, 0.3) is 22.7 Å². The van der Waals surface area contributed by atoms with E-state index in [-0.39, 0.29) is 5.54 Å². The van der Waals surface area contributed by atoms with Crippen molar-refractivity contribution in [2.75, 3.05) is 24.7 Å². The molecule has 0 radical (unpaired) electrons. The second kappa shape index (κ2) is 7.65. The summed E-state index contributed by atoms with van der Waals surface area (Å²) in [6.07, 6.45) is 3.38. The van der Waals surface area contributed by atoms with Crippen molar-refractivity contribution in [2.24, 2.45) is 0 Å². The van der Waals surface area contributed by atoms with Crippen LogP contribution in [-0.4, -0.2) is 54.7 Å². The highest BCUT2D eigenvalue weighted by Crippen LogP contribution is 2.40. The maximum atomic E-state index is 10.3. The van der Waals surface area contributed by atoms with Gasteiger partial charge < -0.3 is 14.7 Å². The van der Waals surface area contributed by atoms with Gasteiger partial charge in [-0.3, -0.25) is 4.57 Å². The zero-order valence-electron chi connectivity index (χ0n) is 19.1. The van der Waals surface area contributed by atoms with Crippen LogP contribution in [0.5, 0.6) is 0 Å². The van der Waals surface area contributed by atoms with Crippen molar-refractivity contribution < 1.29 is 9.84 Å². The molecule has 2 saturated heterocycles. The number of aliphatic hydroxyl groups excluding tert-OH is 1. The summed E-state index contributed by atoms with van der Waals surface area (Å²) in [5, 5.41) is 23.9. The lowest BCUT2D eigenvalue weighted by atomic mass is 9.93. The number of nitrogens with zero attached hydrogens (tertiary/aromatic N) is 7. The number of nitriles is 1. The SMILES string of the molecule is Cc1cc(C#N)nn1-c1nc(-n2cnc3cc(N4CCCC45COC5)ccc32)ccc1C(C)O. The van der Waals surface area contributed by atoms with Crippen LogP contribution in [0.3, 0.4) is 0 Å². The summed E-state index contributed by atoms with van der Waals surface area (Å²) in [5.74, 6) is 1.15. The van der Waals surface area contributed by atoms with Crippen LogP contribution in [0.15, 0.2) is 42.7 Å². The first-order valence-electron chi connectivity index (χ1n) is 11.5. The van der Waals surface area contributed by atoms with E-state index in [1.807, 2.05) is 23.6 Å². The molecule has 1 aromatic carbocycles. The second-order valence-electron chi connectivity index (χ2n) is 9.21. The highest BCUT2D eigenvalue weighted by Gasteiger charge is 2.47. The van der Waals surface area contributed by atoms with Crippen molar-refractivity contribution in [1.29, 1.82) is 5.26 Å². The molecule has 0 bridgehead atoms. The van der Waals surface area contributed by atoms with Gasteiger partial charge in [0.05, 0.1) is 35.9 Å². The molecule has 0 amide bonds. The number of fused-ring (bicyclic) bond motifs is 1. The molecule has 1 atom stereocenters. The Morgan fingerprint density at radius 3 is 2.76 bits per heavy atom. The van der Waals surface area contributed by atoms with Crippen LogP contribution in [0.2, 0.25) is 0 Å². The molecule has 1 spiro atoms. The van der Waals surface area contributed by atoms with E-state index in [4.69, 9.17) is 9.72 Å². The van der Waals surface area contributed by atoms with Gasteiger partial charge in [0.1, 0.15) is 18.2 Å². The molecule has 9 nitrogen and oxygen atoms in total. The molecular weight excluding hydrogens is 430 g/mol. The molecule has 34 heavy (non-hydrogen) atoms. The first-order valence-corrected chi connectivity index (χ1v) is 11.5. The lowest BCUT2D eigenvalue weighted by Crippen LogP contribution is -2.59. The summed E-state index contributed by atoms with van der Waals surface area (Å²) in [7, 11) is 0. The van der Waals surface area contributed by atoms with Gasteiger partial charge in [0, 0.05) is 23.5 Å². The summed E-state index contributed by atoms with van der Waals surface area (Å²) in [6, 6.07) is 13.8. The van der Waals surface area contributed by atoms with E-state index in [0.717, 1.165) is 36.5 Å². The number of ether oxygens (including phenoxy) is 1. The van der Waals surface area contributed by atoms with Crippen molar-refractivity contribution >= 4 is 16.7 Å². The predicted octanol–water partition coefficient (Wildman–Crippen LogP) is 3.21. The molecule has 3 aromatic heterocycles. The molecule has 0 aliphatic carbocycles. The minimum Gasteiger partial charge on any atom is -0.389 e. The first kappa shape index (κ1) is 20.8. The molecule has 2 aliphatic rings. The monoisotopic (exact) mass is 455 g/mol. The fourth-order valence-electron chi connectivity index (χ4n) is 5.15. The lowest BCUT2D eigenvalue weighted by Gasteiger charge is -2.46. The Balaban J connectivity index is 1.42. The summed E-state index contributed by atoms with van der Waals surface area (Å²) in [4.78, 5) is 12.0. The third kappa shape index (κ3) is 3.10. The largest absolute Gasteiger partial charge is 0.389 e. The normalized spacial score (nSPS) is 17.8. The van der Waals surface area contributed by atoms with E-state index >= 15 is 0 Å². The number of rotatable bonds is 4. The number of pyridine rings is 1. The van der Waals surface area contributed by atoms with Crippen LogP contribution in [-0.2, 0) is 4.74 Å². The summed E-state index contributed by atoms with van der Waals surface area (Å²) >= 11 is 0. The second-order valence-corrected chi connectivity index (χ2v) is 9.21. The number of anilines is 1. The van der Waals surface area contributed by atoms with Gasteiger partial charge in [-0.1, -0.05) is 0 Å². The predicted molar refractivity (Wildman–Crippen MR) is 126 cm³/mol. The van der Waals surface area contributed by atoms with E-state index in [2.05, 4.69) is 39.3 Å². The van der Waals surface area contributed by atoms with Gasteiger partial charge in [-0.05, 0) is 63.1 Å². The van der Waals surface area contributed by atoms with Gasteiger partial charge in [-0.15, -0.1) is 0 Å². The number of aryl methyl sites for hydroxylation is 1. The smallest absolute Gasteiger partial charge is 0.163 e. The van der Waals surface area contributed by atoms with Gasteiger partial charge in [0.25, 0.3) is 0 Å². The third-order valence-corrected chi connectivity index (χ3v) is 6.97. The molecular formula is C25H25N7O2. The molecule has 5 heterocycles. The van der Waals surface area contributed by atoms with Gasteiger partial charge in [-0.2, -0.15) is 10.4 Å². The minimum atomic E-state index is -0.740. The Hall–Kier alpha value is -3.74. The molecule has 4 aromatic rings. The van der Waals surface area contributed by atoms with Crippen LogP contribution in [0.1, 0.15) is 42.8 Å². The van der Waals surface area contributed by atoms with Gasteiger partial charge in [0.2, 0.25) is 0 Å². The standard InChI is InChI=1S/C25H25N7O2/c1-16-10-18(12-26)29-32(16)24-20(17(2)33)5-7-23(28-24)30-15-27-21-11-19(4-6-22(21)30)31-9-3-8-25(31)13-34-14-25/h4-7,10-11,15,17,33H,3,8-9,13-14H2,1-2H3. The van der Waals surface area contributed by atoms with Crippen molar-refractivity contribution in [2.45, 2.75) is 38.3 Å². The Bertz CT molecular complexity index is 1440. The van der Waals surface area contributed by atoms with E-state index in [9.17, 15) is 10.4 Å². The Morgan fingerprint density at radius 2 is 2.06 bits per heavy atom. The quantitative estimate of drug-likeness (QED) is 0.504. The van der Waals surface area contributed by atoms with Gasteiger partial charge >= 0.3 is 0 Å². The Morgan fingerprint density at radius 1 is 1.21 bits per heavy atom. The van der Waals surface area contributed by atoms with Crippen molar-refractivity contribution in [1.82, 2.24) is 24.3 Å². The van der Waals surface area contributed by atoms with E-state index in [0.29, 0.717) is 22.9 Å². The number of aliphatic hydroxyl groups is 1. The summed E-state index contributed by atoms with van der Waals surface area (Å²) < 4.78 is 9.08. The summed E-state index contributed by atoms with van der Waals surface area (Å²) in [6.45, 7) is 6.18. The highest BCUT2D eigenvalue weighted by atomic mass is 16.5. The minimum absolute atomic E-state index is 0.146. The molecule has 1 N–H and O–H groups in total. The molecule has 2 aliphatic heterocycles. The zero-order chi connectivity index (χ0) is 23.4. The van der Waals surface area contributed by atoms with Crippen LogP contribution in [0, 0.1) is 18.3 Å². The number of aromatic nitrogens is 5. The lowest BCUT2D eigenvalue weighted by molar-refractivity contribution is -0.0505. The molecule has 2 fully saturated rings. The highest BCUT2D eigenvalue weighted by molar-refractivity contribution is 5.81. The maximum absolute atomic E-state index is 10.3. The average Bonchev–Trinajstić information content (AvgIpc) is 3.54. The number of hydrogen-bond acceptors (Lipinski definition) is 7. The van der Waals surface area contributed by atoms with Crippen LogP contribution >= 0.6 is 0 Å². The van der Waals surface area contributed by atoms with Gasteiger partial charge in [0.15, 0.2) is 11.5 Å². The number of benzene rings is 1. The van der Waals surface area contributed by atoms with Crippen molar-refractivity contribution in [3.63, 3.8) is 0 Å². The molecule has 9 heteroatoms.